The van der Waals surface area contributed by atoms with E-state index in [0.29, 0.717) is 5.92 Å². The first kappa shape index (κ1) is 18.7. The molecule has 0 aromatic carbocycles. The molecule has 26 heavy (non-hydrogen) atoms. The Labute approximate surface area is 157 Å². The Kier molecular flexibility index (Phi) is 4.28. The van der Waals surface area contributed by atoms with Crippen molar-refractivity contribution in [3.8, 4) is 0 Å². The fourth-order valence-electron chi connectivity index (χ4n) is 8.31. The van der Waals surface area contributed by atoms with Gasteiger partial charge in [-0.05, 0) is 74.0 Å². The van der Waals surface area contributed by atoms with Crippen LogP contribution in [-0.2, 0) is 9.53 Å². The Bertz CT molecular complexity index is 587. The first-order chi connectivity index (χ1) is 12.2. The van der Waals surface area contributed by atoms with Gasteiger partial charge in [-0.1, -0.05) is 20.8 Å². The molecule has 4 aliphatic carbocycles. The molecule has 4 saturated carbocycles. The van der Waals surface area contributed by atoms with Crippen LogP contribution in [0, 0.1) is 39.9 Å². The quantitative estimate of drug-likeness (QED) is 0.736. The van der Waals surface area contributed by atoms with Crippen LogP contribution < -0.4 is 0 Å². The molecule has 148 valence electrons. The summed E-state index contributed by atoms with van der Waals surface area (Å²) in [6.07, 6.45) is 6.89. The maximum Gasteiger partial charge on any atom is 0.302 e. The van der Waals surface area contributed by atoms with E-state index in [0.717, 1.165) is 37.5 Å². The number of hydrogen-bond acceptors (Lipinski definition) is 4. The summed E-state index contributed by atoms with van der Waals surface area (Å²) in [7, 11) is 0. The lowest BCUT2D eigenvalue weighted by atomic mass is 9.40. The monoisotopic (exact) mass is 364 g/mol. The molecule has 4 fully saturated rings. The minimum Gasteiger partial charge on any atom is -0.462 e. The molecule has 0 aliphatic heterocycles. The molecule has 0 heterocycles. The van der Waals surface area contributed by atoms with E-state index in [1.165, 1.54) is 26.2 Å². The van der Waals surface area contributed by atoms with Crippen LogP contribution in [0.5, 0.6) is 0 Å². The predicted octanol–water partition coefficient (Wildman–Crippen LogP) is 3.54. The van der Waals surface area contributed by atoms with Crippen molar-refractivity contribution in [2.75, 3.05) is 6.61 Å². The van der Waals surface area contributed by atoms with Gasteiger partial charge in [0, 0.05) is 17.8 Å². The maximum absolute atomic E-state index is 11.6. The minimum atomic E-state index is -0.470. The Balaban J connectivity index is 1.72. The molecular weight excluding hydrogens is 328 g/mol. The molecule has 4 aliphatic rings. The molecule has 0 radical (unpaired) electrons. The molecule has 9 atom stereocenters. The van der Waals surface area contributed by atoms with E-state index >= 15 is 0 Å². The van der Waals surface area contributed by atoms with Crippen molar-refractivity contribution in [2.24, 2.45) is 39.9 Å². The first-order valence-corrected chi connectivity index (χ1v) is 10.6. The number of carbonyl (C=O) groups excluding carboxylic acids is 1. The zero-order chi connectivity index (χ0) is 18.9. The summed E-state index contributed by atoms with van der Waals surface area (Å²) in [5, 5.41) is 21.7. The van der Waals surface area contributed by atoms with Gasteiger partial charge in [0.2, 0.25) is 0 Å². The average molecular weight is 365 g/mol. The molecule has 2 N–H and O–H groups in total. The summed E-state index contributed by atoms with van der Waals surface area (Å²) in [6, 6.07) is 0. The van der Waals surface area contributed by atoms with Crippen molar-refractivity contribution in [3.63, 3.8) is 0 Å². The summed E-state index contributed by atoms with van der Waals surface area (Å²) in [5.41, 5.74) is -0.275. The lowest BCUT2D eigenvalue weighted by Crippen LogP contribution is -2.65. The van der Waals surface area contributed by atoms with Gasteiger partial charge >= 0.3 is 5.97 Å². The van der Waals surface area contributed by atoms with Crippen LogP contribution in [0.1, 0.15) is 72.6 Å². The zero-order valence-electron chi connectivity index (χ0n) is 16.8. The molecule has 1 unspecified atom stereocenters. The molecular formula is C22H36O4. The van der Waals surface area contributed by atoms with E-state index in [1.807, 2.05) is 0 Å². The van der Waals surface area contributed by atoms with Crippen molar-refractivity contribution in [2.45, 2.75) is 84.8 Å². The number of ether oxygens (including phenoxy) is 1. The Morgan fingerprint density at radius 3 is 2.54 bits per heavy atom. The summed E-state index contributed by atoms with van der Waals surface area (Å²) in [6.45, 7) is 8.33. The van der Waals surface area contributed by atoms with E-state index < -0.39 is 5.41 Å². The van der Waals surface area contributed by atoms with Gasteiger partial charge in [0.05, 0.1) is 12.7 Å². The fourth-order valence-corrected chi connectivity index (χ4v) is 8.31. The summed E-state index contributed by atoms with van der Waals surface area (Å²) < 4.78 is 5.66. The largest absolute Gasteiger partial charge is 0.462 e. The summed E-state index contributed by atoms with van der Waals surface area (Å²) >= 11 is 0. The zero-order valence-corrected chi connectivity index (χ0v) is 16.8. The normalized spacial score (nSPS) is 55.8. The van der Waals surface area contributed by atoms with Crippen molar-refractivity contribution in [3.05, 3.63) is 0 Å². The molecule has 0 aromatic rings. The van der Waals surface area contributed by atoms with Crippen molar-refractivity contribution < 1.29 is 19.7 Å². The standard InChI is InChI=1S/C22H36O4/c1-13-10-22-11-15(13)5-6-16(22)20(3)8-7-19(26-14(2)24)21(4,12-23)17(20)9-18(22)25/h13,15-19,23,25H,5-12H2,1-4H3/t13-,15+,16-,17?,18-,19+,20-,21+,22-/m0/s1. The Morgan fingerprint density at radius 2 is 1.88 bits per heavy atom. The SMILES string of the molecule is CC(=O)O[C@@H]1CC[C@]2(C)C(C[C@H](O)[C@@]34C[C@@H](CC[C@H]32)[C@@H](C)C4)[C@@]1(C)CO. The van der Waals surface area contributed by atoms with E-state index in [9.17, 15) is 15.0 Å². The molecule has 4 rings (SSSR count). The number of carbonyl (C=O) groups is 1. The van der Waals surface area contributed by atoms with Crippen molar-refractivity contribution in [1.29, 1.82) is 0 Å². The van der Waals surface area contributed by atoms with Crippen LogP contribution in [0.15, 0.2) is 0 Å². The van der Waals surface area contributed by atoms with E-state index in [1.54, 1.807) is 0 Å². The highest BCUT2D eigenvalue weighted by molar-refractivity contribution is 5.66. The highest BCUT2D eigenvalue weighted by atomic mass is 16.5. The van der Waals surface area contributed by atoms with Gasteiger partial charge in [-0.2, -0.15) is 0 Å². The van der Waals surface area contributed by atoms with Gasteiger partial charge in [-0.3, -0.25) is 4.79 Å². The average Bonchev–Trinajstić information content (AvgIpc) is 2.84. The summed E-state index contributed by atoms with van der Waals surface area (Å²) in [4.78, 5) is 11.6. The van der Waals surface area contributed by atoms with Crippen LogP contribution in [-0.4, -0.2) is 35.0 Å². The van der Waals surface area contributed by atoms with E-state index in [4.69, 9.17) is 4.74 Å². The smallest absolute Gasteiger partial charge is 0.302 e. The van der Waals surface area contributed by atoms with Crippen LogP contribution in [0.2, 0.25) is 0 Å². The van der Waals surface area contributed by atoms with Crippen molar-refractivity contribution in [1.82, 2.24) is 0 Å². The molecule has 4 nitrogen and oxygen atoms in total. The molecule has 1 spiro atoms. The Hall–Kier alpha value is -0.610. The van der Waals surface area contributed by atoms with Crippen LogP contribution in [0.3, 0.4) is 0 Å². The van der Waals surface area contributed by atoms with E-state index in [-0.39, 0.29) is 41.5 Å². The minimum absolute atomic E-state index is 0.0106. The van der Waals surface area contributed by atoms with Gasteiger partial charge in [-0.25, -0.2) is 0 Å². The highest BCUT2D eigenvalue weighted by Crippen LogP contribution is 2.72. The third-order valence-electron chi connectivity index (χ3n) is 9.51. The second-order valence-corrected chi connectivity index (χ2v) is 10.6. The van der Waals surface area contributed by atoms with Crippen LogP contribution in [0.4, 0.5) is 0 Å². The molecule has 0 aromatic heterocycles. The number of aliphatic hydroxyl groups is 2. The number of esters is 1. The fraction of sp³-hybridized carbons (Fsp3) is 0.955. The van der Waals surface area contributed by atoms with Gasteiger partial charge in [0.25, 0.3) is 0 Å². The second-order valence-electron chi connectivity index (χ2n) is 10.6. The first-order valence-electron chi connectivity index (χ1n) is 10.6. The third-order valence-corrected chi connectivity index (χ3v) is 9.51. The van der Waals surface area contributed by atoms with Gasteiger partial charge in [-0.15, -0.1) is 0 Å². The van der Waals surface area contributed by atoms with Gasteiger partial charge in [0.1, 0.15) is 6.10 Å². The topological polar surface area (TPSA) is 66.8 Å². The third kappa shape index (κ3) is 2.30. The van der Waals surface area contributed by atoms with Crippen molar-refractivity contribution >= 4 is 5.97 Å². The maximum atomic E-state index is 11.6. The van der Waals surface area contributed by atoms with Crippen LogP contribution >= 0.6 is 0 Å². The number of aliphatic hydroxyl groups excluding tert-OH is 2. The highest BCUT2D eigenvalue weighted by Gasteiger charge is 2.68. The number of rotatable bonds is 2. The molecule has 2 bridgehead atoms. The van der Waals surface area contributed by atoms with Gasteiger partial charge in [0.15, 0.2) is 0 Å². The molecule has 0 amide bonds. The number of fused-ring (bicyclic) bond motifs is 3. The predicted molar refractivity (Wildman–Crippen MR) is 99.2 cm³/mol. The van der Waals surface area contributed by atoms with E-state index in [2.05, 4.69) is 20.8 Å². The lowest BCUT2D eigenvalue weighted by molar-refractivity contribution is -0.236. The number of hydrogen-bond donors (Lipinski definition) is 2. The van der Waals surface area contributed by atoms with Crippen LogP contribution in [0.25, 0.3) is 0 Å². The van der Waals surface area contributed by atoms with Gasteiger partial charge < -0.3 is 14.9 Å². The molecule has 4 heteroatoms. The Morgan fingerprint density at radius 1 is 1.15 bits per heavy atom. The molecule has 0 saturated heterocycles. The summed E-state index contributed by atoms with van der Waals surface area (Å²) in [5.74, 6) is 1.94. The second kappa shape index (κ2) is 5.94. The lowest BCUT2D eigenvalue weighted by Gasteiger charge is -2.66.